The van der Waals surface area contributed by atoms with Crippen LogP contribution in [0.2, 0.25) is 0 Å². The van der Waals surface area contributed by atoms with E-state index in [-0.39, 0.29) is 22.7 Å². The number of benzene rings is 2. The Morgan fingerprint density at radius 1 is 1.00 bits per heavy atom. The Morgan fingerprint density at radius 3 is 2.20 bits per heavy atom. The van der Waals surface area contributed by atoms with E-state index in [2.05, 4.69) is 11.2 Å². The van der Waals surface area contributed by atoms with Crippen LogP contribution in [-0.2, 0) is 26.1 Å². The van der Waals surface area contributed by atoms with Crippen molar-refractivity contribution in [3.05, 3.63) is 95.1 Å². The molecule has 2 heterocycles. The third kappa shape index (κ3) is 4.02. The summed E-state index contributed by atoms with van der Waals surface area (Å²) in [4.78, 5) is 27.5. The van der Waals surface area contributed by atoms with Gasteiger partial charge in [-0.2, -0.15) is 10.4 Å². The summed E-state index contributed by atoms with van der Waals surface area (Å²) < 4.78 is 11.8. The number of anilines is 1. The van der Waals surface area contributed by atoms with Gasteiger partial charge in [-0.1, -0.05) is 42.5 Å². The van der Waals surface area contributed by atoms with Crippen LogP contribution in [0.5, 0.6) is 0 Å². The molecular formula is C26H23N5O4. The van der Waals surface area contributed by atoms with Gasteiger partial charge in [0.05, 0.1) is 43.0 Å². The maximum atomic E-state index is 13.1. The summed E-state index contributed by atoms with van der Waals surface area (Å²) in [6, 6.07) is 20.0. The maximum Gasteiger partial charge on any atom is 0.355 e. The molecule has 3 aromatic rings. The lowest BCUT2D eigenvalue weighted by Crippen LogP contribution is -2.40. The van der Waals surface area contributed by atoms with Crippen molar-refractivity contribution in [1.29, 1.82) is 5.26 Å². The molecule has 0 radical (unpaired) electrons. The maximum absolute atomic E-state index is 13.1. The Balaban J connectivity index is 1.96. The number of aromatic nitrogens is 2. The molecule has 176 valence electrons. The number of carbonyl (C=O) groups excluding carboxylic acids is 2. The van der Waals surface area contributed by atoms with Crippen molar-refractivity contribution in [2.75, 3.05) is 19.1 Å². The topological polar surface area (TPSA) is 123 Å². The van der Waals surface area contributed by atoms with Gasteiger partial charge >= 0.3 is 11.9 Å². The lowest BCUT2D eigenvalue weighted by atomic mass is 9.81. The van der Waals surface area contributed by atoms with Gasteiger partial charge < -0.3 is 15.2 Å². The van der Waals surface area contributed by atoms with E-state index in [4.69, 9.17) is 15.2 Å². The number of aryl methyl sites for hydroxylation is 1. The highest BCUT2D eigenvalue weighted by Crippen LogP contribution is 2.43. The molecule has 1 aliphatic rings. The fourth-order valence-electron chi connectivity index (χ4n) is 4.22. The van der Waals surface area contributed by atoms with Crippen LogP contribution in [0.15, 0.2) is 89.5 Å². The molecule has 0 bridgehead atoms. The molecule has 9 nitrogen and oxygen atoms in total. The third-order valence-corrected chi connectivity index (χ3v) is 5.85. The first-order chi connectivity index (χ1) is 16.9. The number of hydrogen-bond donors (Lipinski definition) is 1. The number of hydrogen-bond acceptors (Lipinski definition) is 8. The monoisotopic (exact) mass is 469 g/mol. The fraction of sp³-hybridized carbons (Fsp3) is 0.154. The normalized spacial score (nSPS) is 15.6. The summed E-state index contributed by atoms with van der Waals surface area (Å²) in [5.74, 6) is -2.45. The Bertz CT molecular complexity index is 1380. The molecule has 0 aliphatic carbocycles. The average molecular weight is 470 g/mol. The molecule has 35 heavy (non-hydrogen) atoms. The lowest BCUT2D eigenvalue weighted by molar-refractivity contribution is -0.139. The van der Waals surface area contributed by atoms with E-state index in [0.717, 1.165) is 11.3 Å². The van der Waals surface area contributed by atoms with Gasteiger partial charge in [0.2, 0.25) is 0 Å². The Morgan fingerprint density at radius 2 is 1.66 bits per heavy atom. The van der Waals surface area contributed by atoms with Gasteiger partial charge in [-0.05, 0) is 29.3 Å². The molecule has 1 unspecified atom stereocenters. The van der Waals surface area contributed by atoms with Crippen molar-refractivity contribution in [1.82, 2.24) is 9.78 Å². The summed E-state index contributed by atoms with van der Waals surface area (Å²) in [6.45, 7) is 0. The van der Waals surface area contributed by atoms with E-state index in [1.807, 2.05) is 31.3 Å². The van der Waals surface area contributed by atoms with E-state index in [0.29, 0.717) is 11.3 Å². The summed E-state index contributed by atoms with van der Waals surface area (Å²) in [6.07, 6.45) is 1.69. The van der Waals surface area contributed by atoms with Crippen LogP contribution >= 0.6 is 0 Å². The number of allylic oxidation sites excluding steroid dienone is 1. The molecule has 0 amide bonds. The van der Waals surface area contributed by atoms with Gasteiger partial charge in [0.15, 0.2) is 0 Å². The van der Waals surface area contributed by atoms with Crippen LogP contribution in [-0.4, -0.2) is 35.9 Å². The molecule has 4 rings (SSSR count). The molecule has 1 aliphatic heterocycles. The fourth-order valence-corrected chi connectivity index (χ4v) is 4.22. The van der Waals surface area contributed by atoms with Crippen LogP contribution in [0.3, 0.4) is 0 Å². The molecule has 0 spiro atoms. The SMILES string of the molecule is COC(=O)C1=C(C(=O)OC)N(c2ccc(-c3ccnn3C)cc2)C(N)=C(C#N)C1c1ccccc1. The van der Waals surface area contributed by atoms with Crippen molar-refractivity contribution in [2.45, 2.75) is 5.92 Å². The quantitative estimate of drug-likeness (QED) is 0.566. The molecule has 9 heteroatoms. The molecule has 0 saturated heterocycles. The first-order valence-corrected chi connectivity index (χ1v) is 10.7. The zero-order valence-electron chi connectivity index (χ0n) is 19.4. The highest BCUT2D eigenvalue weighted by Gasteiger charge is 2.42. The molecule has 2 aromatic carbocycles. The second-order valence-corrected chi connectivity index (χ2v) is 7.72. The highest BCUT2D eigenvalue weighted by molar-refractivity contribution is 6.06. The van der Waals surface area contributed by atoms with Crippen LogP contribution in [0.1, 0.15) is 11.5 Å². The zero-order chi connectivity index (χ0) is 25.1. The minimum absolute atomic E-state index is 0.0164. The van der Waals surface area contributed by atoms with Crippen molar-refractivity contribution < 1.29 is 19.1 Å². The van der Waals surface area contributed by atoms with Gasteiger partial charge in [-0.25, -0.2) is 9.59 Å². The predicted molar refractivity (Wildman–Crippen MR) is 128 cm³/mol. The number of rotatable bonds is 5. The van der Waals surface area contributed by atoms with Crippen LogP contribution in [0.4, 0.5) is 5.69 Å². The minimum Gasteiger partial charge on any atom is -0.466 e. The number of ether oxygens (including phenoxy) is 2. The molecule has 2 N–H and O–H groups in total. The van der Waals surface area contributed by atoms with E-state index in [1.165, 1.54) is 19.1 Å². The summed E-state index contributed by atoms with van der Waals surface area (Å²) in [7, 11) is 4.26. The summed E-state index contributed by atoms with van der Waals surface area (Å²) in [5.41, 5.74) is 9.32. The van der Waals surface area contributed by atoms with Gasteiger partial charge in [-0.3, -0.25) is 9.58 Å². The van der Waals surface area contributed by atoms with Gasteiger partial charge in [0, 0.05) is 18.9 Å². The molecule has 0 saturated carbocycles. The van der Waals surface area contributed by atoms with Gasteiger partial charge in [-0.15, -0.1) is 0 Å². The smallest absolute Gasteiger partial charge is 0.355 e. The lowest BCUT2D eigenvalue weighted by Gasteiger charge is -2.35. The summed E-state index contributed by atoms with van der Waals surface area (Å²) in [5, 5.41) is 14.3. The van der Waals surface area contributed by atoms with Crippen LogP contribution < -0.4 is 10.6 Å². The van der Waals surface area contributed by atoms with E-state index in [1.54, 1.807) is 47.3 Å². The van der Waals surface area contributed by atoms with E-state index in [9.17, 15) is 14.9 Å². The van der Waals surface area contributed by atoms with Crippen molar-refractivity contribution in [3.8, 4) is 17.3 Å². The second kappa shape index (κ2) is 9.57. The van der Waals surface area contributed by atoms with Crippen molar-refractivity contribution in [2.24, 2.45) is 12.8 Å². The Hall–Kier alpha value is -4.84. The van der Waals surface area contributed by atoms with E-state index >= 15 is 0 Å². The number of nitrogens with two attached hydrogens (primary N) is 1. The predicted octanol–water partition coefficient (Wildman–Crippen LogP) is 2.98. The first kappa shape index (κ1) is 23.3. The Labute approximate surface area is 202 Å². The highest BCUT2D eigenvalue weighted by atomic mass is 16.5. The molecule has 1 atom stereocenters. The second-order valence-electron chi connectivity index (χ2n) is 7.72. The number of methoxy groups -OCH3 is 2. The average Bonchev–Trinajstić information content (AvgIpc) is 3.33. The van der Waals surface area contributed by atoms with Crippen LogP contribution in [0.25, 0.3) is 11.3 Å². The largest absolute Gasteiger partial charge is 0.466 e. The van der Waals surface area contributed by atoms with E-state index < -0.39 is 17.9 Å². The molecule has 1 aromatic heterocycles. The molecule has 0 fully saturated rings. The number of nitriles is 1. The molecular weight excluding hydrogens is 446 g/mol. The van der Waals surface area contributed by atoms with Gasteiger partial charge in [0.1, 0.15) is 11.5 Å². The Kier molecular flexibility index (Phi) is 6.38. The van der Waals surface area contributed by atoms with Crippen LogP contribution in [0, 0.1) is 11.3 Å². The standard InChI is InChI=1S/C26H23N5O4/c1-30-20(13-14-29-30)16-9-11-18(12-10-16)31-23(26(33)35-3)22(25(32)34-2)21(19(15-27)24(31)28)17-7-5-4-6-8-17/h4-14,21H,28H2,1-3H3. The number of carbonyl (C=O) groups is 2. The minimum atomic E-state index is -0.910. The zero-order valence-corrected chi connectivity index (χ0v) is 19.4. The summed E-state index contributed by atoms with van der Waals surface area (Å²) >= 11 is 0. The van der Waals surface area contributed by atoms with Crippen molar-refractivity contribution >= 4 is 17.6 Å². The first-order valence-electron chi connectivity index (χ1n) is 10.7. The number of esters is 2. The van der Waals surface area contributed by atoms with Gasteiger partial charge in [0.25, 0.3) is 0 Å². The third-order valence-electron chi connectivity index (χ3n) is 5.85. The van der Waals surface area contributed by atoms with Crippen molar-refractivity contribution in [3.63, 3.8) is 0 Å². The number of nitrogens with zero attached hydrogens (tertiary/aromatic N) is 4.